The van der Waals surface area contributed by atoms with E-state index in [2.05, 4.69) is 10.3 Å². The molecule has 0 aromatic carbocycles. The van der Waals surface area contributed by atoms with E-state index >= 15 is 0 Å². The summed E-state index contributed by atoms with van der Waals surface area (Å²) >= 11 is 0. The van der Waals surface area contributed by atoms with Gasteiger partial charge in [-0.15, -0.1) is 0 Å². The van der Waals surface area contributed by atoms with Crippen LogP contribution in [-0.2, 0) is 0 Å². The predicted molar refractivity (Wildman–Crippen MR) is 73.5 cm³/mol. The van der Waals surface area contributed by atoms with Crippen molar-refractivity contribution in [1.29, 1.82) is 0 Å². The maximum absolute atomic E-state index is 12.2. The number of nitrogens with two attached hydrogens (primary N) is 1. The highest BCUT2D eigenvalue weighted by atomic mass is 16.1. The van der Waals surface area contributed by atoms with E-state index in [1.165, 1.54) is 19.3 Å². The maximum atomic E-state index is 12.2. The molecule has 3 rings (SSSR count). The van der Waals surface area contributed by atoms with Crippen LogP contribution in [0.5, 0.6) is 0 Å². The van der Waals surface area contributed by atoms with Gasteiger partial charge in [-0.25, -0.2) is 0 Å². The Morgan fingerprint density at radius 2 is 2.05 bits per heavy atom. The highest BCUT2D eigenvalue weighted by molar-refractivity contribution is 5.94. The quantitative estimate of drug-likeness (QED) is 0.849. The number of pyridine rings is 1. The number of nitrogens with zero attached hydrogens (tertiary/aromatic N) is 1. The van der Waals surface area contributed by atoms with Gasteiger partial charge in [0.1, 0.15) is 0 Å². The van der Waals surface area contributed by atoms with Crippen LogP contribution in [0.1, 0.15) is 42.5 Å². The number of carbonyl (C=O) groups is 1. The summed E-state index contributed by atoms with van der Waals surface area (Å²) in [6.45, 7) is 0. The van der Waals surface area contributed by atoms with Crippen molar-refractivity contribution in [3.8, 4) is 0 Å². The van der Waals surface area contributed by atoms with Crippen molar-refractivity contribution in [2.45, 2.75) is 44.2 Å². The molecule has 4 nitrogen and oxygen atoms in total. The van der Waals surface area contributed by atoms with Gasteiger partial charge in [0.25, 0.3) is 5.91 Å². The Kier molecular flexibility index (Phi) is 3.51. The van der Waals surface area contributed by atoms with Crippen LogP contribution in [0.4, 0.5) is 0 Å². The highest BCUT2D eigenvalue weighted by Gasteiger charge is 2.39. The fraction of sp³-hybridized carbons (Fsp3) is 0.600. The molecule has 1 amide bonds. The van der Waals surface area contributed by atoms with Crippen molar-refractivity contribution in [1.82, 2.24) is 10.3 Å². The number of fused-ring (bicyclic) bond motifs is 2. The topological polar surface area (TPSA) is 68.0 Å². The lowest BCUT2D eigenvalue weighted by Crippen LogP contribution is -2.53. The Labute approximate surface area is 113 Å². The van der Waals surface area contributed by atoms with Crippen molar-refractivity contribution in [2.75, 3.05) is 0 Å². The monoisotopic (exact) mass is 259 g/mol. The molecular weight excluding hydrogens is 238 g/mol. The van der Waals surface area contributed by atoms with Gasteiger partial charge in [-0.05, 0) is 49.7 Å². The minimum Gasteiger partial charge on any atom is -0.349 e. The number of carbonyl (C=O) groups excluding carboxylic acids is 1. The van der Waals surface area contributed by atoms with E-state index in [9.17, 15) is 4.79 Å². The number of nitrogens with one attached hydrogen (secondary N) is 1. The number of hydrogen-bond donors (Lipinski definition) is 2. The second-order valence-corrected chi connectivity index (χ2v) is 5.92. The number of amides is 1. The lowest BCUT2D eigenvalue weighted by Gasteiger charge is -2.45. The molecule has 102 valence electrons. The second kappa shape index (κ2) is 5.29. The van der Waals surface area contributed by atoms with Crippen LogP contribution in [0.3, 0.4) is 0 Å². The molecule has 2 aliphatic carbocycles. The van der Waals surface area contributed by atoms with Crippen LogP contribution >= 0.6 is 0 Å². The van der Waals surface area contributed by atoms with E-state index in [-0.39, 0.29) is 5.91 Å². The first kappa shape index (κ1) is 12.6. The Bertz CT molecular complexity index is 434. The number of hydrogen-bond acceptors (Lipinski definition) is 3. The summed E-state index contributed by atoms with van der Waals surface area (Å²) in [4.78, 5) is 16.2. The summed E-state index contributed by atoms with van der Waals surface area (Å²) < 4.78 is 0. The minimum absolute atomic E-state index is 0.00507. The average molecular weight is 259 g/mol. The lowest BCUT2D eigenvalue weighted by atomic mass is 9.67. The van der Waals surface area contributed by atoms with Crippen molar-refractivity contribution < 1.29 is 4.79 Å². The summed E-state index contributed by atoms with van der Waals surface area (Å²) in [5.74, 6) is 1.12. The van der Waals surface area contributed by atoms with E-state index < -0.39 is 0 Å². The summed E-state index contributed by atoms with van der Waals surface area (Å²) in [7, 11) is 0. The van der Waals surface area contributed by atoms with Gasteiger partial charge < -0.3 is 11.1 Å². The van der Waals surface area contributed by atoms with E-state index in [1.807, 2.05) is 6.07 Å². The van der Waals surface area contributed by atoms with E-state index in [0.717, 1.165) is 12.8 Å². The third kappa shape index (κ3) is 2.63. The summed E-state index contributed by atoms with van der Waals surface area (Å²) in [5, 5.41) is 3.22. The highest BCUT2D eigenvalue weighted by Crippen LogP contribution is 2.39. The molecular formula is C15H21N3O. The van der Waals surface area contributed by atoms with Crippen LogP contribution in [0, 0.1) is 11.8 Å². The van der Waals surface area contributed by atoms with E-state index in [4.69, 9.17) is 5.73 Å². The zero-order valence-electron chi connectivity index (χ0n) is 11.1. The van der Waals surface area contributed by atoms with Crippen molar-refractivity contribution in [3.63, 3.8) is 0 Å². The van der Waals surface area contributed by atoms with Crippen LogP contribution in [0.15, 0.2) is 24.5 Å². The lowest BCUT2D eigenvalue weighted by molar-refractivity contribution is 0.0755. The predicted octanol–water partition coefficient (Wildman–Crippen LogP) is 1.72. The molecule has 4 heteroatoms. The van der Waals surface area contributed by atoms with Crippen LogP contribution in [0.2, 0.25) is 0 Å². The van der Waals surface area contributed by atoms with Crippen molar-refractivity contribution >= 4 is 5.91 Å². The van der Waals surface area contributed by atoms with Gasteiger partial charge in [-0.3, -0.25) is 9.78 Å². The Hall–Kier alpha value is -1.42. The minimum atomic E-state index is 0.00507. The molecule has 2 bridgehead atoms. The van der Waals surface area contributed by atoms with Crippen LogP contribution < -0.4 is 11.1 Å². The smallest absolute Gasteiger partial charge is 0.253 e. The van der Waals surface area contributed by atoms with Gasteiger partial charge in [0.05, 0.1) is 5.56 Å². The summed E-state index contributed by atoms with van der Waals surface area (Å²) in [6.07, 6.45) is 9.08. The number of aromatic nitrogens is 1. The molecule has 2 unspecified atom stereocenters. The summed E-state index contributed by atoms with van der Waals surface area (Å²) in [5.41, 5.74) is 6.76. The molecule has 19 heavy (non-hydrogen) atoms. The van der Waals surface area contributed by atoms with Gasteiger partial charge >= 0.3 is 0 Å². The van der Waals surface area contributed by atoms with E-state index in [0.29, 0.717) is 29.5 Å². The van der Waals surface area contributed by atoms with Crippen LogP contribution in [0.25, 0.3) is 0 Å². The molecule has 2 atom stereocenters. The number of rotatable bonds is 2. The molecule has 0 spiro atoms. The fourth-order valence-electron chi connectivity index (χ4n) is 3.76. The van der Waals surface area contributed by atoms with Crippen LogP contribution in [-0.4, -0.2) is 23.0 Å². The Balaban J connectivity index is 1.71. The molecule has 1 aromatic rings. The normalized spacial score (nSPS) is 33.7. The molecule has 1 heterocycles. The third-order valence-electron chi connectivity index (χ3n) is 4.60. The standard InChI is InChI=1S/C15H21N3O/c16-13-7-10-3-1-4-11(8-13)14(10)18-15(19)12-5-2-6-17-9-12/h2,5-6,9-11,13-14H,1,3-4,7-8,16H2,(H,18,19). The van der Waals surface area contributed by atoms with Gasteiger partial charge in [0, 0.05) is 24.5 Å². The molecule has 2 aliphatic rings. The van der Waals surface area contributed by atoms with Gasteiger partial charge in [0.15, 0.2) is 0 Å². The first-order valence-electron chi connectivity index (χ1n) is 7.20. The third-order valence-corrected chi connectivity index (χ3v) is 4.60. The van der Waals surface area contributed by atoms with E-state index in [1.54, 1.807) is 18.5 Å². The molecule has 2 saturated carbocycles. The Morgan fingerprint density at radius 3 is 2.68 bits per heavy atom. The fourth-order valence-corrected chi connectivity index (χ4v) is 3.76. The van der Waals surface area contributed by atoms with Crippen molar-refractivity contribution in [3.05, 3.63) is 30.1 Å². The first-order chi connectivity index (χ1) is 9.24. The van der Waals surface area contributed by atoms with Gasteiger partial charge in [-0.1, -0.05) is 6.42 Å². The largest absolute Gasteiger partial charge is 0.349 e. The molecule has 0 saturated heterocycles. The molecule has 3 N–H and O–H groups in total. The molecule has 0 aliphatic heterocycles. The summed E-state index contributed by atoms with van der Waals surface area (Å²) in [6, 6.07) is 4.24. The SMILES string of the molecule is NC1CC2CCCC(C1)C2NC(=O)c1cccnc1. The second-order valence-electron chi connectivity index (χ2n) is 5.92. The zero-order valence-corrected chi connectivity index (χ0v) is 11.1. The average Bonchev–Trinajstić information content (AvgIpc) is 2.41. The first-order valence-corrected chi connectivity index (χ1v) is 7.20. The van der Waals surface area contributed by atoms with Gasteiger partial charge in [-0.2, -0.15) is 0 Å². The Morgan fingerprint density at radius 1 is 1.32 bits per heavy atom. The zero-order chi connectivity index (χ0) is 13.2. The van der Waals surface area contributed by atoms with Crippen molar-refractivity contribution in [2.24, 2.45) is 17.6 Å². The molecule has 0 radical (unpaired) electrons. The molecule has 2 fully saturated rings. The molecule has 1 aromatic heterocycles. The van der Waals surface area contributed by atoms with Gasteiger partial charge in [0.2, 0.25) is 0 Å². The maximum Gasteiger partial charge on any atom is 0.253 e.